The second-order valence-corrected chi connectivity index (χ2v) is 4.48. The van der Waals surface area contributed by atoms with E-state index in [2.05, 4.69) is 23.8 Å². The average Bonchev–Trinajstić information content (AvgIpc) is 2.16. The first kappa shape index (κ1) is 13.8. The van der Waals surface area contributed by atoms with E-state index < -0.39 is 0 Å². The van der Waals surface area contributed by atoms with Crippen LogP contribution in [-0.4, -0.2) is 38.1 Å². The molecule has 4 heteroatoms. The molecule has 0 bridgehead atoms. The second kappa shape index (κ2) is 9.34. The number of carbonyl (C=O) groups is 1. The molecule has 0 radical (unpaired) electrons. The molecule has 84 valence electrons. The Balaban J connectivity index is 3.34. The lowest BCUT2D eigenvalue weighted by molar-refractivity contribution is -0.121. The molecule has 0 aliphatic carbocycles. The Hall–Kier alpha value is -0.220. The van der Waals surface area contributed by atoms with E-state index in [9.17, 15) is 4.79 Å². The van der Waals surface area contributed by atoms with Crippen LogP contribution in [0.1, 0.15) is 19.8 Å². The van der Waals surface area contributed by atoms with E-state index in [0.717, 1.165) is 25.3 Å². The molecule has 0 aromatic carbocycles. The van der Waals surface area contributed by atoms with Crippen LogP contribution in [-0.2, 0) is 4.79 Å². The van der Waals surface area contributed by atoms with E-state index in [-0.39, 0.29) is 5.91 Å². The van der Waals surface area contributed by atoms with Crippen molar-refractivity contribution in [1.82, 2.24) is 10.6 Å². The highest BCUT2D eigenvalue weighted by Gasteiger charge is 2.04. The molecule has 0 rings (SSSR count). The summed E-state index contributed by atoms with van der Waals surface area (Å²) in [5, 5.41) is 5.97. The predicted octanol–water partition coefficient (Wildman–Crippen LogP) is 1.10. The number of carbonyl (C=O) groups excluding carboxylic acids is 1. The lowest BCUT2D eigenvalue weighted by Crippen LogP contribution is -2.29. The molecule has 0 aromatic rings. The maximum atomic E-state index is 11.3. The van der Waals surface area contributed by atoms with Crippen LogP contribution in [0.25, 0.3) is 0 Å². The minimum Gasteiger partial charge on any atom is -0.356 e. The Morgan fingerprint density at radius 2 is 2.21 bits per heavy atom. The van der Waals surface area contributed by atoms with Crippen molar-refractivity contribution >= 4 is 17.7 Å². The van der Waals surface area contributed by atoms with Gasteiger partial charge in [-0.05, 0) is 37.9 Å². The van der Waals surface area contributed by atoms with Crippen LogP contribution in [0.3, 0.4) is 0 Å². The van der Waals surface area contributed by atoms with Crippen LogP contribution in [0.2, 0.25) is 0 Å². The molecule has 0 saturated heterocycles. The van der Waals surface area contributed by atoms with E-state index in [1.807, 2.05) is 18.8 Å². The van der Waals surface area contributed by atoms with Gasteiger partial charge in [-0.2, -0.15) is 11.8 Å². The Morgan fingerprint density at radius 3 is 2.79 bits per heavy atom. The first-order chi connectivity index (χ1) is 6.70. The van der Waals surface area contributed by atoms with Crippen LogP contribution in [0.15, 0.2) is 0 Å². The number of nitrogens with one attached hydrogen (secondary N) is 2. The third-order valence-electron chi connectivity index (χ3n) is 1.93. The number of rotatable bonds is 8. The van der Waals surface area contributed by atoms with Crippen molar-refractivity contribution in [3.63, 3.8) is 0 Å². The van der Waals surface area contributed by atoms with Crippen molar-refractivity contribution in [3.8, 4) is 0 Å². The zero-order chi connectivity index (χ0) is 10.8. The van der Waals surface area contributed by atoms with Crippen LogP contribution in [0.5, 0.6) is 0 Å². The van der Waals surface area contributed by atoms with E-state index in [0.29, 0.717) is 12.3 Å². The van der Waals surface area contributed by atoms with Gasteiger partial charge in [0.25, 0.3) is 0 Å². The third-order valence-corrected chi connectivity index (χ3v) is 2.83. The molecule has 14 heavy (non-hydrogen) atoms. The van der Waals surface area contributed by atoms with Crippen LogP contribution in [0.4, 0.5) is 0 Å². The van der Waals surface area contributed by atoms with E-state index in [4.69, 9.17) is 0 Å². The van der Waals surface area contributed by atoms with Gasteiger partial charge >= 0.3 is 0 Å². The molecule has 0 aliphatic rings. The molecule has 1 unspecified atom stereocenters. The van der Waals surface area contributed by atoms with Crippen molar-refractivity contribution in [2.75, 3.05) is 32.1 Å². The molecular weight excluding hydrogens is 196 g/mol. The fraction of sp³-hybridized carbons (Fsp3) is 0.900. The minimum atomic E-state index is 0.174. The van der Waals surface area contributed by atoms with Gasteiger partial charge in [0.05, 0.1) is 0 Å². The molecule has 0 aromatic heterocycles. The number of hydrogen-bond acceptors (Lipinski definition) is 3. The molecule has 1 amide bonds. The lowest BCUT2D eigenvalue weighted by Gasteiger charge is -2.10. The fourth-order valence-corrected chi connectivity index (χ4v) is 1.83. The summed E-state index contributed by atoms with van der Waals surface area (Å²) in [5.41, 5.74) is 0. The topological polar surface area (TPSA) is 41.1 Å². The monoisotopic (exact) mass is 218 g/mol. The molecule has 1 atom stereocenters. The van der Waals surface area contributed by atoms with Gasteiger partial charge in [0, 0.05) is 13.0 Å². The summed E-state index contributed by atoms with van der Waals surface area (Å²) in [7, 11) is 1.90. The van der Waals surface area contributed by atoms with Crippen molar-refractivity contribution in [3.05, 3.63) is 0 Å². The Kier molecular flexibility index (Phi) is 9.19. The van der Waals surface area contributed by atoms with Crippen LogP contribution in [0, 0.1) is 5.92 Å². The summed E-state index contributed by atoms with van der Waals surface area (Å²) >= 11 is 1.82. The molecule has 3 nitrogen and oxygen atoms in total. The second-order valence-electron chi connectivity index (χ2n) is 3.57. The quantitative estimate of drug-likeness (QED) is 0.600. The van der Waals surface area contributed by atoms with Crippen molar-refractivity contribution in [1.29, 1.82) is 0 Å². The van der Waals surface area contributed by atoms with Gasteiger partial charge < -0.3 is 10.6 Å². The summed E-state index contributed by atoms with van der Waals surface area (Å²) in [6.07, 6.45) is 3.64. The van der Waals surface area contributed by atoms with Gasteiger partial charge in [-0.1, -0.05) is 6.92 Å². The smallest absolute Gasteiger partial charge is 0.220 e. The Bertz CT molecular complexity index is 153. The van der Waals surface area contributed by atoms with Gasteiger partial charge in [0.15, 0.2) is 0 Å². The maximum absolute atomic E-state index is 11.3. The SMILES string of the molecule is CNCCCC(=O)NCC(C)CSC. The number of thioether (sulfide) groups is 1. The van der Waals surface area contributed by atoms with Crippen molar-refractivity contribution in [2.45, 2.75) is 19.8 Å². The maximum Gasteiger partial charge on any atom is 0.220 e. The summed E-state index contributed by atoms with van der Waals surface area (Å²) in [4.78, 5) is 11.3. The fourth-order valence-electron chi connectivity index (χ4n) is 1.15. The molecular formula is C10H22N2OS. The van der Waals surface area contributed by atoms with Gasteiger partial charge in [-0.15, -0.1) is 0 Å². The zero-order valence-electron chi connectivity index (χ0n) is 9.43. The number of amides is 1. The minimum absolute atomic E-state index is 0.174. The van der Waals surface area contributed by atoms with Crippen LogP contribution >= 0.6 is 11.8 Å². The van der Waals surface area contributed by atoms with E-state index >= 15 is 0 Å². The van der Waals surface area contributed by atoms with E-state index in [1.165, 1.54) is 0 Å². The van der Waals surface area contributed by atoms with Gasteiger partial charge in [0.1, 0.15) is 0 Å². The average molecular weight is 218 g/mol. The van der Waals surface area contributed by atoms with Crippen LogP contribution < -0.4 is 10.6 Å². The molecule has 0 spiro atoms. The summed E-state index contributed by atoms with van der Waals surface area (Å²) in [5.74, 6) is 1.85. The lowest BCUT2D eigenvalue weighted by atomic mass is 10.2. The predicted molar refractivity (Wildman–Crippen MR) is 63.7 cm³/mol. The summed E-state index contributed by atoms with van der Waals surface area (Å²) in [6, 6.07) is 0. The highest BCUT2D eigenvalue weighted by Crippen LogP contribution is 2.02. The third kappa shape index (κ3) is 8.38. The first-order valence-electron chi connectivity index (χ1n) is 5.11. The summed E-state index contributed by atoms with van der Waals surface area (Å²) in [6.45, 7) is 3.87. The standard InChI is InChI=1S/C10H22N2OS/c1-9(8-14-3)7-12-10(13)5-4-6-11-2/h9,11H,4-8H2,1-3H3,(H,12,13). The first-order valence-corrected chi connectivity index (χ1v) is 6.50. The molecule has 0 saturated carbocycles. The molecule has 0 fully saturated rings. The van der Waals surface area contributed by atoms with Gasteiger partial charge in [0.2, 0.25) is 5.91 Å². The van der Waals surface area contributed by atoms with E-state index in [1.54, 1.807) is 0 Å². The largest absolute Gasteiger partial charge is 0.356 e. The van der Waals surface area contributed by atoms with Gasteiger partial charge in [-0.25, -0.2) is 0 Å². The Labute approximate surface area is 91.4 Å². The normalized spacial score (nSPS) is 12.5. The molecule has 0 heterocycles. The highest BCUT2D eigenvalue weighted by atomic mass is 32.2. The zero-order valence-corrected chi connectivity index (χ0v) is 10.2. The van der Waals surface area contributed by atoms with Gasteiger partial charge in [-0.3, -0.25) is 4.79 Å². The summed E-state index contributed by atoms with van der Waals surface area (Å²) < 4.78 is 0. The molecule has 0 aliphatic heterocycles. The Morgan fingerprint density at radius 1 is 1.50 bits per heavy atom. The molecule has 2 N–H and O–H groups in total. The highest BCUT2D eigenvalue weighted by molar-refractivity contribution is 7.98. The number of hydrogen-bond donors (Lipinski definition) is 2. The van der Waals surface area contributed by atoms with Crippen molar-refractivity contribution in [2.24, 2.45) is 5.92 Å². The van der Waals surface area contributed by atoms with Crippen molar-refractivity contribution < 1.29 is 4.79 Å².